The number of rotatable bonds is 7. The van der Waals surface area contributed by atoms with Gasteiger partial charge in [-0.3, -0.25) is 4.90 Å². The monoisotopic (exact) mass is 294 g/mol. The first-order valence-electron chi connectivity index (χ1n) is 7.46. The van der Waals surface area contributed by atoms with Gasteiger partial charge in [-0.1, -0.05) is 0 Å². The second-order valence-electron chi connectivity index (χ2n) is 5.45. The van der Waals surface area contributed by atoms with Crippen LogP contribution in [-0.2, 0) is 6.54 Å². The first kappa shape index (κ1) is 15.3. The van der Waals surface area contributed by atoms with Crippen molar-refractivity contribution in [3.63, 3.8) is 0 Å². The Bertz CT molecular complexity index is 412. The second kappa shape index (κ2) is 7.64. The summed E-state index contributed by atoms with van der Waals surface area (Å²) in [6, 6.07) is 3.46. The van der Waals surface area contributed by atoms with Gasteiger partial charge < -0.3 is 10.6 Å². The van der Waals surface area contributed by atoms with Crippen molar-refractivity contribution in [1.29, 1.82) is 0 Å². The second-order valence-corrected chi connectivity index (χ2v) is 6.23. The Hall–Kier alpha value is -1.07. The Kier molecular flexibility index (Phi) is 5.86. The average molecular weight is 294 g/mol. The Morgan fingerprint density at radius 1 is 1.50 bits per heavy atom. The highest BCUT2D eigenvalue weighted by molar-refractivity contribution is 7.07. The highest BCUT2D eigenvalue weighted by atomic mass is 32.1. The third kappa shape index (κ3) is 4.80. The zero-order valence-electron chi connectivity index (χ0n) is 12.7. The summed E-state index contributed by atoms with van der Waals surface area (Å²) in [6.45, 7) is 6.94. The third-order valence-corrected chi connectivity index (χ3v) is 4.46. The van der Waals surface area contributed by atoms with Gasteiger partial charge in [0.25, 0.3) is 0 Å². The first-order valence-corrected chi connectivity index (χ1v) is 8.40. The molecule has 20 heavy (non-hydrogen) atoms. The molecular weight excluding hydrogens is 268 g/mol. The van der Waals surface area contributed by atoms with Crippen LogP contribution >= 0.6 is 11.3 Å². The Morgan fingerprint density at radius 3 is 2.90 bits per heavy atom. The van der Waals surface area contributed by atoms with Crippen LogP contribution in [0, 0.1) is 0 Å². The molecule has 4 nitrogen and oxygen atoms in total. The van der Waals surface area contributed by atoms with Gasteiger partial charge in [0.15, 0.2) is 5.96 Å². The lowest BCUT2D eigenvalue weighted by atomic mass is 10.3. The number of thiophene rings is 1. The van der Waals surface area contributed by atoms with E-state index in [0.29, 0.717) is 6.04 Å². The van der Waals surface area contributed by atoms with E-state index in [1.54, 1.807) is 11.3 Å². The molecule has 1 aliphatic carbocycles. The fraction of sp³-hybridized carbons (Fsp3) is 0.667. The maximum atomic E-state index is 4.63. The minimum atomic E-state index is 0.535. The molecule has 0 spiro atoms. The molecule has 1 heterocycles. The molecule has 0 bridgehead atoms. The lowest BCUT2D eigenvalue weighted by Gasteiger charge is -2.25. The van der Waals surface area contributed by atoms with Crippen LogP contribution in [0.3, 0.4) is 0 Å². The molecule has 1 saturated carbocycles. The Balaban J connectivity index is 1.80. The van der Waals surface area contributed by atoms with Gasteiger partial charge in [-0.2, -0.15) is 11.3 Å². The quantitative estimate of drug-likeness (QED) is 0.599. The third-order valence-electron chi connectivity index (χ3n) is 3.73. The van der Waals surface area contributed by atoms with Crippen molar-refractivity contribution < 1.29 is 0 Å². The molecular formula is C15H26N4S. The molecule has 2 rings (SSSR count). The molecule has 1 aliphatic rings. The summed E-state index contributed by atoms with van der Waals surface area (Å²) in [6.07, 6.45) is 2.71. The maximum Gasteiger partial charge on any atom is 0.191 e. The van der Waals surface area contributed by atoms with Crippen LogP contribution < -0.4 is 10.6 Å². The van der Waals surface area contributed by atoms with Gasteiger partial charge >= 0.3 is 0 Å². The molecule has 0 amide bonds. The van der Waals surface area contributed by atoms with Crippen LogP contribution in [0.25, 0.3) is 0 Å². The predicted molar refractivity (Wildman–Crippen MR) is 87.4 cm³/mol. The van der Waals surface area contributed by atoms with Gasteiger partial charge in [-0.05, 0) is 56.1 Å². The van der Waals surface area contributed by atoms with Crippen LogP contribution in [-0.4, -0.2) is 43.1 Å². The van der Waals surface area contributed by atoms with E-state index in [1.807, 2.05) is 0 Å². The molecule has 1 unspecified atom stereocenters. The predicted octanol–water partition coefficient (Wildman–Crippen LogP) is 2.29. The molecule has 2 N–H and O–H groups in total. The summed E-state index contributed by atoms with van der Waals surface area (Å²) in [4.78, 5) is 7.10. The molecule has 112 valence electrons. The van der Waals surface area contributed by atoms with E-state index in [1.165, 1.54) is 18.4 Å². The van der Waals surface area contributed by atoms with Crippen LogP contribution in [0.5, 0.6) is 0 Å². The van der Waals surface area contributed by atoms with Crippen molar-refractivity contribution >= 4 is 17.3 Å². The summed E-state index contributed by atoms with van der Waals surface area (Å²) in [7, 11) is 2.22. The van der Waals surface area contributed by atoms with E-state index in [0.717, 1.165) is 31.6 Å². The topological polar surface area (TPSA) is 39.7 Å². The minimum absolute atomic E-state index is 0.535. The van der Waals surface area contributed by atoms with Crippen LogP contribution in [0.4, 0.5) is 0 Å². The Morgan fingerprint density at radius 2 is 2.30 bits per heavy atom. The SMILES string of the molecule is CCNC(=NCc1ccsc1)NCC(C)N(C)C1CC1. The highest BCUT2D eigenvalue weighted by Crippen LogP contribution is 2.26. The van der Waals surface area contributed by atoms with E-state index in [-0.39, 0.29) is 0 Å². The zero-order chi connectivity index (χ0) is 14.4. The molecule has 1 atom stereocenters. The number of nitrogens with one attached hydrogen (secondary N) is 2. The molecule has 0 aromatic carbocycles. The fourth-order valence-electron chi connectivity index (χ4n) is 2.12. The number of guanidine groups is 1. The van der Waals surface area contributed by atoms with Crippen molar-refractivity contribution in [2.45, 2.75) is 45.3 Å². The van der Waals surface area contributed by atoms with E-state index < -0.39 is 0 Å². The summed E-state index contributed by atoms with van der Waals surface area (Å²) in [5.74, 6) is 0.912. The number of hydrogen-bond donors (Lipinski definition) is 2. The molecule has 5 heteroatoms. The van der Waals surface area contributed by atoms with E-state index >= 15 is 0 Å². The number of hydrogen-bond acceptors (Lipinski definition) is 3. The molecule has 0 aliphatic heterocycles. The number of aliphatic imine (C=N–C) groups is 1. The summed E-state index contributed by atoms with van der Waals surface area (Å²) >= 11 is 1.72. The van der Waals surface area contributed by atoms with Crippen molar-refractivity contribution in [3.8, 4) is 0 Å². The van der Waals surface area contributed by atoms with Crippen LogP contribution in [0.15, 0.2) is 21.8 Å². The largest absolute Gasteiger partial charge is 0.357 e. The maximum absolute atomic E-state index is 4.63. The average Bonchev–Trinajstić information content (AvgIpc) is 3.17. The molecule has 0 radical (unpaired) electrons. The number of nitrogens with zero attached hydrogens (tertiary/aromatic N) is 2. The van der Waals surface area contributed by atoms with Gasteiger partial charge in [0.05, 0.1) is 6.54 Å². The standard InChI is InChI=1S/C15H26N4S/c1-4-16-15(18-10-13-7-8-20-11-13)17-9-12(2)19(3)14-5-6-14/h7-8,11-12,14H,4-6,9-10H2,1-3H3,(H2,16,17,18). The molecule has 1 aromatic heterocycles. The van der Waals surface area contributed by atoms with Crippen molar-refractivity contribution in [3.05, 3.63) is 22.4 Å². The highest BCUT2D eigenvalue weighted by Gasteiger charge is 2.28. The van der Waals surface area contributed by atoms with Crippen LogP contribution in [0.1, 0.15) is 32.3 Å². The normalized spacial score (nSPS) is 17.3. The lowest BCUT2D eigenvalue weighted by molar-refractivity contribution is 0.247. The van der Waals surface area contributed by atoms with E-state index in [2.05, 4.69) is 58.2 Å². The summed E-state index contributed by atoms with van der Waals surface area (Å²) < 4.78 is 0. The van der Waals surface area contributed by atoms with E-state index in [4.69, 9.17) is 0 Å². The first-order chi connectivity index (χ1) is 9.70. The van der Waals surface area contributed by atoms with Crippen LogP contribution in [0.2, 0.25) is 0 Å². The van der Waals surface area contributed by atoms with E-state index in [9.17, 15) is 0 Å². The lowest BCUT2D eigenvalue weighted by Crippen LogP contribution is -2.45. The van der Waals surface area contributed by atoms with Gasteiger partial charge in [-0.25, -0.2) is 4.99 Å². The smallest absolute Gasteiger partial charge is 0.191 e. The molecule has 1 aromatic rings. The number of likely N-dealkylation sites (N-methyl/N-ethyl adjacent to an activating group) is 1. The molecule has 1 fully saturated rings. The van der Waals surface area contributed by atoms with Crippen molar-refractivity contribution in [1.82, 2.24) is 15.5 Å². The van der Waals surface area contributed by atoms with Crippen molar-refractivity contribution in [2.75, 3.05) is 20.1 Å². The molecule has 0 saturated heterocycles. The van der Waals surface area contributed by atoms with Gasteiger partial charge in [0.1, 0.15) is 0 Å². The van der Waals surface area contributed by atoms with Crippen molar-refractivity contribution in [2.24, 2.45) is 4.99 Å². The van der Waals surface area contributed by atoms with Gasteiger partial charge in [-0.15, -0.1) is 0 Å². The summed E-state index contributed by atoms with van der Waals surface area (Å²) in [5.41, 5.74) is 1.27. The zero-order valence-corrected chi connectivity index (χ0v) is 13.5. The Labute approximate surface area is 126 Å². The summed E-state index contributed by atoms with van der Waals surface area (Å²) in [5, 5.41) is 11.0. The fourth-order valence-corrected chi connectivity index (χ4v) is 2.78. The minimum Gasteiger partial charge on any atom is -0.357 e. The van der Waals surface area contributed by atoms with Gasteiger partial charge in [0, 0.05) is 25.2 Å². The van der Waals surface area contributed by atoms with Gasteiger partial charge in [0.2, 0.25) is 0 Å².